The van der Waals surface area contributed by atoms with Crippen molar-refractivity contribution < 1.29 is 19.1 Å². The summed E-state index contributed by atoms with van der Waals surface area (Å²) in [5, 5.41) is 1.86. The molecule has 0 aliphatic heterocycles. The topological polar surface area (TPSA) is 60.4 Å². The van der Waals surface area contributed by atoms with Crippen LogP contribution in [0, 0.1) is 5.92 Å². The van der Waals surface area contributed by atoms with E-state index in [1.807, 2.05) is 5.38 Å². The lowest BCUT2D eigenvalue weighted by Gasteiger charge is -2.19. The first kappa shape index (κ1) is 12.0. The van der Waals surface area contributed by atoms with Crippen LogP contribution < -0.4 is 0 Å². The van der Waals surface area contributed by atoms with E-state index < -0.39 is 11.9 Å². The number of Topliss-reactive ketones (excluding diaryl/α,β-unsaturated/α-hetero) is 2. The Morgan fingerprint density at radius 2 is 2.29 bits per heavy atom. The molecule has 0 fully saturated rings. The molecule has 0 N–H and O–H groups in total. The van der Waals surface area contributed by atoms with Crippen molar-refractivity contribution in [3.63, 3.8) is 0 Å². The Morgan fingerprint density at radius 3 is 3.00 bits per heavy atom. The zero-order valence-corrected chi connectivity index (χ0v) is 10.2. The van der Waals surface area contributed by atoms with Gasteiger partial charge in [-0.2, -0.15) is 0 Å². The third kappa shape index (κ3) is 2.44. The van der Waals surface area contributed by atoms with Gasteiger partial charge in [-0.05, 0) is 24.3 Å². The Bertz CT molecular complexity index is 475. The molecule has 1 aliphatic carbocycles. The van der Waals surface area contributed by atoms with Gasteiger partial charge >= 0.3 is 5.97 Å². The van der Waals surface area contributed by atoms with Gasteiger partial charge in [0, 0.05) is 17.4 Å². The van der Waals surface area contributed by atoms with Crippen LogP contribution in [0.4, 0.5) is 0 Å². The fourth-order valence-electron chi connectivity index (χ4n) is 1.93. The highest BCUT2D eigenvalue weighted by atomic mass is 32.1. The van der Waals surface area contributed by atoms with Gasteiger partial charge < -0.3 is 4.74 Å². The van der Waals surface area contributed by atoms with E-state index in [-0.39, 0.29) is 18.2 Å². The van der Waals surface area contributed by atoms with Crippen LogP contribution in [0.1, 0.15) is 28.6 Å². The third-order valence-corrected chi connectivity index (χ3v) is 3.77. The number of ketones is 2. The van der Waals surface area contributed by atoms with Crippen molar-refractivity contribution in [2.45, 2.75) is 19.8 Å². The largest absolute Gasteiger partial charge is 0.458 e. The van der Waals surface area contributed by atoms with Gasteiger partial charge in [0.25, 0.3) is 0 Å². The number of carbonyl (C=O) groups excluding carboxylic acids is 3. The Balaban J connectivity index is 2.07. The molecule has 1 aromatic rings. The van der Waals surface area contributed by atoms with Gasteiger partial charge in [-0.1, -0.05) is 0 Å². The zero-order chi connectivity index (χ0) is 12.4. The number of rotatable bonds is 3. The van der Waals surface area contributed by atoms with E-state index >= 15 is 0 Å². The lowest BCUT2D eigenvalue weighted by molar-refractivity contribution is -0.146. The molecule has 1 unspecified atom stereocenters. The molecule has 1 aromatic heterocycles. The first-order valence-electron chi connectivity index (χ1n) is 5.36. The molecule has 5 heteroatoms. The molecule has 0 bridgehead atoms. The summed E-state index contributed by atoms with van der Waals surface area (Å²) in [5.74, 6) is -1.58. The number of hydrogen-bond acceptors (Lipinski definition) is 5. The maximum absolute atomic E-state index is 12.0. The van der Waals surface area contributed by atoms with Crippen molar-refractivity contribution in [1.29, 1.82) is 0 Å². The second kappa shape index (κ2) is 4.79. The summed E-state index contributed by atoms with van der Waals surface area (Å²) in [6.07, 6.45) is 1.27. The molecule has 1 heterocycles. The SMILES string of the molecule is CC(=O)OCC(=O)C1CCc2sccc2C1=O. The number of ether oxygens (including phenoxy) is 1. The zero-order valence-electron chi connectivity index (χ0n) is 9.39. The first-order valence-corrected chi connectivity index (χ1v) is 6.24. The highest BCUT2D eigenvalue weighted by molar-refractivity contribution is 7.10. The van der Waals surface area contributed by atoms with Gasteiger partial charge in [-0.25, -0.2) is 0 Å². The number of fused-ring (bicyclic) bond motifs is 1. The summed E-state index contributed by atoms with van der Waals surface area (Å²) in [6, 6.07) is 1.76. The minimum absolute atomic E-state index is 0.135. The molecule has 1 aliphatic rings. The molecule has 17 heavy (non-hydrogen) atoms. The molecule has 0 spiro atoms. The van der Waals surface area contributed by atoms with Gasteiger partial charge in [0.05, 0.1) is 5.92 Å². The fraction of sp³-hybridized carbons (Fsp3) is 0.417. The summed E-state index contributed by atoms with van der Waals surface area (Å²) in [6.45, 7) is 0.943. The smallest absolute Gasteiger partial charge is 0.303 e. The third-order valence-electron chi connectivity index (χ3n) is 2.79. The molecule has 0 saturated heterocycles. The fourth-order valence-corrected chi connectivity index (χ4v) is 2.83. The molecule has 2 rings (SSSR count). The highest BCUT2D eigenvalue weighted by Gasteiger charge is 2.33. The van der Waals surface area contributed by atoms with Crippen LogP contribution in [-0.4, -0.2) is 24.1 Å². The number of thiophene rings is 1. The number of esters is 1. The van der Waals surface area contributed by atoms with Gasteiger partial charge in [-0.3, -0.25) is 14.4 Å². The van der Waals surface area contributed by atoms with E-state index in [1.165, 1.54) is 6.92 Å². The molecular weight excluding hydrogens is 240 g/mol. The Kier molecular flexibility index (Phi) is 3.38. The number of aryl methyl sites for hydroxylation is 1. The van der Waals surface area contributed by atoms with Crippen LogP contribution in [0.3, 0.4) is 0 Å². The van der Waals surface area contributed by atoms with Crippen molar-refractivity contribution in [1.82, 2.24) is 0 Å². The van der Waals surface area contributed by atoms with Crippen molar-refractivity contribution in [3.05, 3.63) is 21.9 Å². The van der Waals surface area contributed by atoms with Crippen LogP contribution in [0.15, 0.2) is 11.4 Å². The first-order chi connectivity index (χ1) is 8.09. The number of hydrogen-bond donors (Lipinski definition) is 0. The maximum atomic E-state index is 12.0. The lowest BCUT2D eigenvalue weighted by Crippen LogP contribution is -2.31. The van der Waals surface area contributed by atoms with E-state index in [2.05, 4.69) is 4.74 Å². The van der Waals surface area contributed by atoms with Crippen LogP contribution in [-0.2, 0) is 20.7 Å². The molecule has 0 radical (unpaired) electrons. The molecule has 4 nitrogen and oxygen atoms in total. The Labute approximate surface area is 103 Å². The predicted molar refractivity (Wildman–Crippen MR) is 62.1 cm³/mol. The van der Waals surface area contributed by atoms with Gasteiger partial charge in [-0.15, -0.1) is 11.3 Å². The monoisotopic (exact) mass is 252 g/mol. The summed E-state index contributed by atoms with van der Waals surface area (Å²) >= 11 is 1.54. The minimum Gasteiger partial charge on any atom is -0.458 e. The van der Waals surface area contributed by atoms with E-state index in [4.69, 9.17) is 0 Å². The second-order valence-electron chi connectivity index (χ2n) is 3.96. The minimum atomic E-state index is -0.642. The second-order valence-corrected chi connectivity index (χ2v) is 4.96. The van der Waals surface area contributed by atoms with E-state index in [9.17, 15) is 14.4 Å². The molecule has 0 aromatic carbocycles. The molecular formula is C12H12O4S. The van der Waals surface area contributed by atoms with E-state index in [0.29, 0.717) is 12.0 Å². The van der Waals surface area contributed by atoms with Crippen LogP contribution in [0.2, 0.25) is 0 Å². The predicted octanol–water partition coefficient (Wildman–Crippen LogP) is 1.63. The molecule has 0 amide bonds. The van der Waals surface area contributed by atoms with Crippen molar-refractivity contribution in [2.24, 2.45) is 5.92 Å². The van der Waals surface area contributed by atoms with Crippen LogP contribution in [0.25, 0.3) is 0 Å². The van der Waals surface area contributed by atoms with Gasteiger partial charge in [0.15, 0.2) is 18.2 Å². The van der Waals surface area contributed by atoms with Gasteiger partial charge in [0.1, 0.15) is 0 Å². The maximum Gasteiger partial charge on any atom is 0.303 e. The molecule has 90 valence electrons. The average Bonchev–Trinajstić information content (AvgIpc) is 2.75. The molecule has 0 saturated carbocycles. The standard InChI is InChI=1S/C12H12O4S/c1-7(13)16-6-10(14)8-2-3-11-9(12(8)15)4-5-17-11/h4-5,8H,2-3,6H2,1H3. The summed E-state index contributed by atoms with van der Waals surface area (Å²) in [7, 11) is 0. The van der Waals surface area contributed by atoms with Crippen LogP contribution >= 0.6 is 11.3 Å². The summed E-state index contributed by atoms with van der Waals surface area (Å²) in [4.78, 5) is 35.4. The quantitative estimate of drug-likeness (QED) is 0.606. The van der Waals surface area contributed by atoms with Crippen LogP contribution in [0.5, 0.6) is 0 Å². The van der Waals surface area contributed by atoms with Crippen molar-refractivity contribution >= 4 is 28.9 Å². The Hall–Kier alpha value is -1.49. The normalized spacial score (nSPS) is 18.6. The molecule has 1 atom stereocenters. The summed E-state index contributed by atoms with van der Waals surface area (Å²) < 4.78 is 4.64. The van der Waals surface area contributed by atoms with Crippen molar-refractivity contribution in [2.75, 3.05) is 6.61 Å². The summed E-state index contributed by atoms with van der Waals surface area (Å²) in [5.41, 5.74) is 0.655. The lowest BCUT2D eigenvalue weighted by atomic mass is 9.84. The highest BCUT2D eigenvalue weighted by Crippen LogP contribution is 2.29. The number of carbonyl (C=O) groups is 3. The van der Waals surface area contributed by atoms with Gasteiger partial charge in [0.2, 0.25) is 0 Å². The Morgan fingerprint density at radius 1 is 1.53 bits per heavy atom. The average molecular weight is 252 g/mol. The van der Waals surface area contributed by atoms with Crippen molar-refractivity contribution in [3.8, 4) is 0 Å². The van der Waals surface area contributed by atoms with E-state index in [1.54, 1.807) is 17.4 Å². The van der Waals surface area contributed by atoms with E-state index in [0.717, 1.165) is 11.3 Å².